The van der Waals surface area contributed by atoms with Gasteiger partial charge in [-0.3, -0.25) is 0 Å². The van der Waals surface area contributed by atoms with E-state index < -0.39 is 0 Å². The number of rotatable bonds is 13. The van der Waals surface area contributed by atoms with Crippen LogP contribution in [0.25, 0.3) is 132 Å². The molecule has 0 aliphatic heterocycles. The highest BCUT2D eigenvalue weighted by molar-refractivity contribution is 6.08. The lowest BCUT2D eigenvalue weighted by molar-refractivity contribution is 0.669. The number of hydrogen-bond donors (Lipinski definition) is 0. The quantitative estimate of drug-likeness (QED) is 0.115. The summed E-state index contributed by atoms with van der Waals surface area (Å²) in [6.45, 7) is 0. The first-order chi connectivity index (χ1) is 46.1. The van der Waals surface area contributed by atoms with Crippen molar-refractivity contribution in [3.8, 4) is 77.9 Å². The molecule has 17 aromatic rings. The summed E-state index contributed by atoms with van der Waals surface area (Å²) in [6, 6.07) is 132. The van der Waals surface area contributed by atoms with E-state index in [2.05, 4.69) is 374 Å². The van der Waals surface area contributed by atoms with Crippen LogP contribution < -0.4 is 9.80 Å². The van der Waals surface area contributed by atoms with Crippen molar-refractivity contribution in [2.24, 2.45) is 0 Å². The molecule has 0 amide bonds. The summed E-state index contributed by atoms with van der Waals surface area (Å²) in [6.07, 6.45) is 0. The van der Waals surface area contributed by atoms with Crippen molar-refractivity contribution in [2.75, 3.05) is 9.80 Å². The number of para-hydroxylation sites is 2. The lowest BCUT2D eigenvalue weighted by atomic mass is 9.92. The summed E-state index contributed by atoms with van der Waals surface area (Å²) in [4.78, 5) is 4.84. The van der Waals surface area contributed by atoms with E-state index in [1.54, 1.807) is 0 Å². The molecule has 93 heavy (non-hydrogen) atoms. The molecule has 0 radical (unpaired) electrons. The Hall–Kier alpha value is -12.3. The zero-order chi connectivity index (χ0) is 61.6. The van der Waals surface area contributed by atoms with E-state index in [0.717, 1.165) is 101 Å². The Labute approximate surface area is 541 Å². The lowest BCUT2D eigenvalue weighted by Gasteiger charge is -2.31. The summed E-state index contributed by atoms with van der Waals surface area (Å²) in [5, 5.41) is 9.57. The molecular weight excluding hydrogens is 1130 g/mol. The van der Waals surface area contributed by atoms with E-state index in [1.807, 2.05) is 0 Å². The molecule has 0 atom stereocenters. The topological polar surface area (TPSA) is 19.6 Å². The summed E-state index contributed by atoms with van der Waals surface area (Å²) < 4.78 is 6.63. The highest BCUT2D eigenvalue weighted by Gasteiger charge is 2.24. The molecular formula is C90H60N2O. The molecule has 17 rings (SSSR count). The fourth-order valence-electron chi connectivity index (χ4n) is 13.9. The van der Waals surface area contributed by atoms with Crippen molar-refractivity contribution in [3.05, 3.63) is 364 Å². The minimum Gasteiger partial charge on any atom is -0.456 e. The van der Waals surface area contributed by atoms with Gasteiger partial charge in [-0.25, -0.2) is 0 Å². The van der Waals surface area contributed by atoms with Crippen LogP contribution in [0, 0.1) is 0 Å². The second-order valence-electron chi connectivity index (χ2n) is 23.9. The first kappa shape index (κ1) is 54.8. The van der Waals surface area contributed by atoms with E-state index in [4.69, 9.17) is 4.42 Å². The number of anilines is 6. The molecule has 0 aliphatic rings. The number of benzene rings is 16. The minimum absolute atomic E-state index is 0.866. The van der Waals surface area contributed by atoms with Crippen LogP contribution in [0.4, 0.5) is 34.1 Å². The number of nitrogens with zero attached hydrogens (tertiary/aromatic N) is 2. The summed E-state index contributed by atoms with van der Waals surface area (Å²) in [7, 11) is 0. The average Bonchev–Trinajstić information content (AvgIpc) is 1.61. The van der Waals surface area contributed by atoms with Crippen LogP contribution in [0.5, 0.6) is 0 Å². The molecule has 0 bridgehead atoms. The van der Waals surface area contributed by atoms with E-state index in [1.165, 1.54) is 65.7 Å². The Morgan fingerprint density at radius 1 is 0.172 bits per heavy atom. The van der Waals surface area contributed by atoms with Crippen LogP contribution in [0.15, 0.2) is 368 Å². The van der Waals surface area contributed by atoms with E-state index in [9.17, 15) is 0 Å². The summed E-state index contributed by atoms with van der Waals surface area (Å²) in [5.74, 6) is 0. The fourth-order valence-corrected chi connectivity index (χ4v) is 13.9. The molecule has 16 aromatic carbocycles. The maximum atomic E-state index is 6.63. The third-order valence-corrected chi connectivity index (χ3v) is 18.5. The summed E-state index contributed by atoms with van der Waals surface area (Å²) in [5.41, 5.74) is 24.1. The molecule has 3 nitrogen and oxygen atoms in total. The van der Waals surface area contributed by atoms with Gasteiger partial charge in [0.05, 0.1) is 11.4 Å². The zero-order valence-electron chi connectivity index (χ0n) is 50.9. The van der Waals surface area contributed by atoms with Crippen LogP contribution in [0.2, 0.25) is 0 Å². The molecule has 0 saturated carbocycles. The Balaban J connectivity index is 0.786. The molecule has 0 spiro atoms. The van der Waals surface area contributed by atoms with Crippen LogP contribution >= 0.6 is 0 Å². The Kier molecular flexibility index (Phi) is 13.9. The van der Waals surface area contributed by atoms with Crippen molar-refractivity contribution in [1.29, 1.82) is 0 Å². The van der Waals surface area contributed by atoms with Gasteiger partial charge in [0.1, 0.15) is 11.2 Å². The molecule has 0 N–H and O–H groups in total. The van der Waals surface area contributed by atoms with Crippen molar-refractivity contribution in [3.63, 3.8) is 0 Å². The van der Waals surface area contributed by atoms with E-state index >= 15 is 0 Å². The highest BCUT2D eigenvalue weighted by atomic mass is 16.3. The van der Waals surface area contributed by atoms with Crippen LogP contribution in [0.1, 0.15) is 0 Å². The van der Waals surface area contributed by atoms with E-state index in [-0.39, 0.29) is 0 Å². The minimum atomic E-state index is 0.866. The molecule has 1 aromatic heterocycles. The maximum Gasteiger partial charge on any atom is 0.136 e. The standard InChI is InChI=1S/C90H60N2O/c1-3-18-61(19-4-1)71-44-54-85-86-55-45-72(60-90(86)93-89(85)59-71)64-38-48-74(49-39-64)91(73-46-36-63(37-47-73)70-35-34-62-20-7-8-24-69(62)58-70)87-32-15-13-29-83(87)84-30-14-16-33-88(84)92(75-50-40-67(41-51-75)78-31-17-25-66-23-9-10-26-77(66)78)76-52-42-68(43-53-76)80-57-56-79(65-21-5-2-6-22-65)81-27-11-12-28-82(80)81/h1-60H. The molecule has 1 heterocycles. The van der Waals surface area contributed by atoms with Gasteiger partial charge in [-0.05, 0) is 190 Å². The van der Waals surface area contributed by atoms with Gasteiger partial charge in [0.15, 0.2) is 0 Å². The number of furan rings is 1. The second kappa shape index (κ2) is 23.6. The number of fused-ring (bicyclic) bond motifs is 6. The van der Waals surface area contributed by atoms with Crippen LogP contribution in [-0.2, 0) is 0 Å². The first-order valence-corrected chi connectivity index (χ1v) is 31.9. The van der Waals surface area contributed by atoms with Gasteiger partial charge in [0.2, 0.25) is 0 Å². The Morgan fingerprint density at radius 2 is 0.505 bits per heavy atom. The molecule has 0 fully saturated rings. The van der Waals surface area contributed by atoms with Crippen molar-refractivity contribution < 1.29 is 4.42 Å². The van der Waals surface area contributed by atoms with Crippen molar-refractivity contribution in [1.82, 2.24) is 0 Å². The molecule has 3 heteroatoms. The van der Waals surface area contributed by atoms with Crippen molar-refractivity contribution >= 4 is 88.4 Å². The molecule has 0 saturated heterocycles. The maximum absolute atomic E-state index is 6.63. The summed E-state index contributed by atoms with van der Waals surface area (Å²) >= 11 is 0. The van der Waals surface area contributed by atoms with Crippen LogP contribution in [-0.4, -0.2) is 0 Å². The van der Waals surface area contributed by atoms with Gasteiger partial charge in [0.25, 0.3) is 0 Å². The zero-order valence-corrected chi connectivity index (χ0v) is 50.9. The fraction of sp³-hybridized carbons (Fsp3) is 0. The van der Waals surface area contributed by atoms with Gasteiger partial charge in [-0.15, -0.1) is 0 Å². The van der Waals surface area contributed by atoms with Crippen LogP contribution in [0.3, 0.4) is 0 Å². The predicted molar refractivity (Wildman–Crippen MR) is 394 cm³/mol. The normalized spacial score (nSPS) is 11.4. The van der Waals surface area contributed by atoms with Gasteiger partial charge in [-0.1, -0.05) is 273 Å². The van der Waals surface area contributed by atoms with Gasteiger partial charge >= 0.3 is 0 Å². The number of hydrogen-bond acceptors (Lipinski definition) is 3. The molecule has 0 aliphatic carbocycles. The lowest BCUT2D eigenvalue weighted by Crippen LogP contribution is -2.13. The first-order valence-electron chi connectivity index (χ1n) is 31.9. The van der Waals surface area contributed by atoms with Gasteiger partial charge in [-0.2, -0.15) is 0 Å². The predicted octanol–water partition coefficient (Wildman–Crippen LogP) is 25.7. The average molecular weight is 1190 g/mol. The SMILES string of the molecule is c1ccc(-c2ccc3c(c2)oc2cc(-c4ccc(N(c5ccc(-c6ccc7ccccc7c6)cc5)c5ccccc5-c5ccccc5N(c5ccc(-c6cccc7ccccc67)cc5)c5ccc(-c6ccc(-c7ccccc7)c7ccccc67)cc5)cc4)ccc23)cc1. The van der Waals surface area contributed by atoms with Gasteiger partial charge in [0, 0.05) is 44.6 Å². The second-order valence-corrected chi connectivity index (χ2v) is 23.9. The monoisotopic (exact) mass is 1180 g/mol. The molecule has 0 unspecified atom stereocenters. The van der Waals surface area contributed by atoms with E-state index in [0.29, 0.717) is 0 Å². The molecule has 436 valence electrons. The smallest absolute Gasteiger partial charge is 0.136 e. The third kappa shape index (κ3) is 10.2. The highest BCUT2D eigenvalue weighted by Crippen LogP contribution is 2.49. The van der Waals surface area contributed by atoms with Gasteiger partial charge < -0.3 is 14.2 Å². The largest absolute Gasteiger partial charge is 0.456 e. The third-order valence-electron chi connectivity index (χ3n) is 18.5. The Bertz CT molecular complexity index is 5590. The van der Waals surface area contributed by atoms with Crippen molar-refractivity contribution in [2.45, 2.75) is 0 Å². The Morgan fingerprint density at radius 3 is 1.02 bits per heavy atom.